The summed E-state index contributed by atoms with van der Waals surface area (Å²) in [5, 5.41) is 17.8. The van der Waals surface area contributed by atoms with Crippen molar-refractivity contribution in [3.05, 3.63) is 70.4 Å². The van der Waals surface area contributed by atoms with Crippen LogP contribution in [0.3, 0.4) is 0 Å². The molecule has 0 fully saturated rings. The molecule has 1 aromatic heterocycles. The van der Waals surface area contributed by atoms with E-state index in [1.54, 1.807) is 28.9 Å². The van der Waals surface area contributed by atoms with Crippen molar-refractivity contribution in [2.24, 2.45) is 0 Å². The molecule has 0 saturated heterocycles. The zero-order valence-electron chi connectivity index (χ0n) is 12.4. The van der Waals surface area contributed by atoms with E-state index in [0.29, 0.717) is 22.8 Å². The summed E-state index contributed by atoms with van der Waals surface area (Å²) >= 11 is 6.03. The van der Waals surface area contributed by atoms with Crippen molar-refractivity contribution >= 4 is 17.6 Å². The van der Waals surface area contributed by atoms with Crippen LogP contribution in [0.5, 0.6) is 0 Å². The lowest BCUT2D eigenvalue weighted by Crippen LogP contribution is -2.07. The molecule has 1 heterocycles. The number of rotatable bonds is 4. The van der Waals surface area contributed by atoms with E-state index in [9.17, 15) is 9.90 Å². The molecule has 0 aliphatic rings. The maximum Gasteiger partial charge on any atom is 0.358 e. The lowest BCUT2D eigenvalue weighted by atomic mass is 10.1. The van der Waals surface area contributed by atoms with Crippen molar-refractivity contribution in [1.82, 2.24) is 15.0 Å². The highest BCUT2D eigenvalue weighted by Crippen LogP contribution is 2.26. The van der Waals surface area contributed by atoms with Gasteiger partial charge in [-0.2, -0.15) is 0 Å². The first kappa shape index (κ1) is 15.2. The Bertz CT molecular complexity index is 874. The summed E-state index contributed by atoms with van der Waals surface area (Å²) in [6, 6.07) is 14.9. The van der Waals surface area contributed by atoms with Gasteiger partial charge in [0.15, 0.2) is 5.69 Å². The molecule has 0 amide bonds. The van der Waals surface area contributed by atoms with Crippen LogP contribution >= 0.6 is 11.6 Å². The van der Waals surface area contributed by atoms with Gasteiger partial charge in [-0.3, -0.25) is 0 Å². The molecule has 3 rings (SSSR count). The highest BCUT2D eigenvalue weighted by molar-refractivity contribution is 6.30. The topological polar surface area (TPSA) is 68.0 Å². The van der Waals surface area contributed by atoms with Crippen molar-refractivity contribution < 1.29 is 9.90 Å². The number of carboxylic acid groups (broad SMARTS) is 1. The Balaban J connectivity index is 2.11. The molecule has 3 aromatic rings. The normalized spacial score (nSPS) is 10.7. The van der Waals surface area contributed by atoms with Crippen LogP contribution in [0.25, 0.3) is 11.3 Å². The molecule has 0 aliphatic heterocycles. The van der Waals surface area contributed by atoms with E-state index < -0.39 is 5.97 Å². The Morgan fingerprint density at radius 2 is 2.00 bits per heavy atom. The predicted molar refractivity (Wildman–Crippen MR) is 87.7 cm³/mol. The minimum Gasteiger partial charge on any atom is -0.476 e. The van der Waals surface area contributed by atoms with E-state index in [4.69, 9.17) is 11.6 Å². The van der Waals surface area contributed by atoms with Crippen molar-refractivity contribution in [2.75, 3.05) is 0 Å². The largest absolute Gasteiger partial charge is 0.476 e. The van der Waals surface area contributed by atoms with Crippen LogP contribution in [0.1, 0.15) is 21.6 Å². The van der Waals surface area contributed by atoms with Gasteiger partial charge in [0.05, 0.1) is 6.54 Å². The van der Waals surface area contributed by atoms with Crippen LogP contribution in [0, 0.1) is 6.92 Å². The number of hydrogen-bond acceptors (Lipinski definition) is 3. The minimum atomic E-state index is -1.11. The first-order valence-corrected chi connectivity index (χ1v) is 7.41. The molecule has 6 heteroatoms. The first-order valence-electron chi connectivity index (χ1n) is 7.03. The van der Waals surface area contributed by atoms with Gasteiger partial charge in [-0.15, -0.1) is 5.10 Å². The van der Waals surface area contributed by atoms with Crippen LogP contribution in [0.2, 0.25) is 5.02 Å². The highest BCUT2D eigenvalue weighted by Gasteiger charge is 2.21. The van der Waals surface area contributed by atoms with Gasteiger partial charge < -0.3 is 5.11 Å². The van der Waals surface area contributed by atoms with Crippen LogP contribution in [0.4, 0.5) is 0 Å². The molecule has 116 valence electrons. The van der Waals surface area contributed by atoms with Crippen molar-refractivity contribution in [3.8, 4) is 11.3 Å². The Morgan fingerprint density at radius 3 is 2.70 bits per heavy atom. The second kappa shape index (κ2) is 6.22. The van der Waals surface area contributed by atoms with Crippen molar-refractivity contribution in [1.29, 1.82) is 0 Å². The fraction of sp³-hybridized carbons (Fsp3) is 0.118. The summed E-state index contributed by atoms with van der Waals surface area (Å²) in [5.74, 6) is -1.11. The van der Waals surface area contributed by atoms with Crippen LogP contribution in [-0.2, 0) is 6.54 Å². The van der Waals surface area contributed by atoms with Crippen molar-refractivity contribution in [2.45, 2.75) is 13.5 Å². The third kappa shape index (κ3) is 3.10. The third-order valence-corrected chi connectivity index (χ3v) is 3.85. The zero-order valence-corrected chi connectivity index (χ0v) is 13.2. The number of aromatic carboxylic acids is 1. The molecular formula is C17H14ClN3O2. The van der Waals surface area contributed by atoms with Gasteiger partial charge in [0.2, 0.25) is 0 Å². The number of halogens is 1. The molecule has 1 N–H and O–H groups in total. The maximum atomic E-state index is 11.5. The second-order valence-corrected chi connectivity index (χ2v) is 5.62. The van der Waals surface area contributed by atoms with E-state index in [1.165, 1.54) is 0 Å². The number of carboxylic acids is 1. The standard InChI is InChI=1S/C17H14ClN3O2/c1-11-5-2-3-6-13(11)10-21-16(15(17(22)23)19-20-21)12-7-4-8-14(18)9-12/h2-9H,10H2,1H3,(H,22,23). The van der Waals surface area contributed by atoms with E-state index in [0.717, 1.165) is 11.1 Å². The minimum absolute atomic E-state index is 0.0825. The lowest BCUT2D eigenvalue weighted by molar-refractivity contribution is 0.0691. The molecular weight excluding hydrogens is 314 g/mol. The molecule has 2 aromatic carbocycles. The molecule has 0 bridgehead atoms. The number of aryl methyl sites for hydroxylation is 1. The average Bonchev–Trinajstić information content (AvgIpc) is 2.93. The van der Waals surface area contributed by atoms with E-state index in [-0.39, 0.29) is 5.69 Å². The molecule has 23 heavy (non-hydrogen) atoms. The summed E-state index contributed by atoms with van der Waals surface area (Å²) in [7, 11) is 0. The Morgan fingerprint density at radius 1 is 1.22 bits per heavy atom. The molecule has 5 nitrogen and oxygen atoms in total. The monoisotopic (exact) mass is 327 g/mol. The molecule has 0 spiro atoms. The van der Waals surface area contributed by atoms with Gasteiger partial charge >= 0.3 is 5.97 Å². The highest BCUT2D eigenvalue weighted by atomic mass is 35.5. The Hall–Kier alpha value is -2.66. The fourth-order valence-electron chi connectivity index (χ4n) is 2.44. The van der Waals surface area contributed by atoms with Gasteiger partial charge in [0.1, 0.15) is 5.69 Å². The number of carbonyl (C=O) groups is 1. The quantitative estimate of drug-likeness (QED) is 0.794. The Kier molecular flexibility index (Phi) is 4.12. The zero-order chi connectivity index (χ0) is 16.4. The summed E-state index contributed by atoms with van der Waals surface area (Å²) in [6.45, 7) is 2.44. The number of aromatic nitrogens is 3. The molecule has 0 aliphatic carbocycles. The molecule has 0 saturated carbocycles. The van der Waals surface area contributed by atoms with E-state index in [2.05, 4.69) is 10.3 Å². The van der Waals surface area contributed by atoms with Gasteiger partial charge in [-0.1, -0.05) is 53.2 Å². The molecule has 0 radical (unpaired) electrons. The number of hydrogen-bond donors (Lipinski definition) is 1. The van der Waals surface area contributed by atoms with Crippen molar-refractivity contribution in [3.63, 3.8) is 0 Å². The predicted octanol–water partition coefficient (Wildman–Crippen LogP) is 3.65. The number of benzene rings is 2. The van der Waals surface area contributed by atoms with Gasteiger partial charge in [0, 0.05) is 10.6 Å². The van der Waals surface area contributed by atoms with Crippen LogP contribution in [0.15, 0.2) is 48.5 Å². The summed E-state index contributed by atoms with van der Waals surface area (Å²) in [5.41, 5.74) is 3.20. The molecule has 0 atom stereocenters. The second-order valence-electron chi connectivity index (χ2n) is 5.19. The van der Waals surface area contributed by atoms with E-state index >= 15 is 0 Å². The molecule has 0 unspecified atom stereocenters. The smallest absolute Gasteiger partial charge is 0.358 e. The maximum absolute atomic E-state index is 11.5. The van der Waals surface area contributed by atoms with Gasteiger partial charge in [-0.05, 0) is 30.2 Å². The number of nitrogens with zero attached hydrogens (tertiary/aromatic N) is 3. The van der Waals surface area contributed by atoms with Crippen LogP contribution in [-0.4, -0.2) is 26.1 Å². The van der Waals surface area contributed by atoms with E-state index in [1.807, 2.05) is 31.2 Å². The van der Waals surface area contributed by atoms with Gasteiger partial charge in [0.25, 0.3) is 0 Å². The third-order valence-electron chi connectivity index (χ3n) is 3.62. The van der Waals surface area contributed by atoms with Gasteiger partial charge in [-0.25, -0.2) is 9.48 Å². The Labute approximate surface area is 138 Å². The van der Waals surface area contributed by atoms with Crippen LogP contribution < -0.4 is 0 Å². The summed E-state index contributed by atoms with van der Waals surface area (Å²) in [6.07, 6.45) is 0. The summed E-state index contributed by atoms with van der Waals surface area (Å²) < 4.78 is 1.59. The lowest BCUT2D eigenvalue weighted by Gasteiger charge is -2.09. The fourth-order valence-corrected chi connectivity index (χ4v) is 2.63. The summed E-state index contributed by atoms with van der Waals surface area (Å²) in [4.78, 5) is 11.5. The first-order chi connectivity index (χ1) is 11.1. The SMILES string of the molecule is Cc1ccccc1Cn1nnc(C(=O)O)c1-c1cccc(Cl)c1. The average molecular weight is 328 g/mol.